The Balaban J connectivity index is 1.91. The highest BCUT2D eigenvalue weighted by Gasteiger charge is 2.14. The lowest BCUT2D eigenvalue weighted by Crippen LogP contribution is -2.26. The van der Waals surface area contributed by atoms with E-state index in [1.807, 2.05) is 0 Å². The number of aromatic nitrogens is 2. The number of amides is 2. The van der Waals surface area contributed by atoms with Gasteiger partial charge in [0, 0.05) is 30.4 Å². The van der Waals surface area contributed by atoms with Crippen molar-refractivity contribution < 1.29 is 14.7 Å². The molecule has 3 aromatic rings. The average molecular weight is 436 g/mol. The van der Waals surface area contributed by atoms with Crippen molar-refractivity contribution in [1.82, 2.24) is 20.8 Å². The Morgan fingerprint density at radius 1 is 1.16 bits per heavy atom. The molecule has 0 saturated carbocycles. The second-order valence-corrected chi connectivity index (χ2v) is 7.30. The molecule has 0 bridgehead atoms. The Morgan fingerprint density at radius 3 is 2.61 bits per heavy atom. The number of hydrazine groups is 1. The number of hydrogen-bond acceptors (Lipinski definition) is 8. The molecule has 10 heteroatoms. The molecule has 0 atom stereocenters. The van der Waals surface area contributed by atoms with Crippen LogP contribution in [0, 0.1) is 6.92 Å². The molecular weight excluding hydrogens is 416 g/mol. The van der Waals surface area contributed by atoms with Gasteiger partial charge in [-0.05, 0) is 37.3 Å². The maximum absolute atomic E-state index is 12.4. The molecule has 1 aromatic carbocycles. The molecule has 4 N–H and O–H groups in total. The van der Waals surface area contributed by atoms with Gasteiger partial charge in [0.15, 0.2) is 0 Å². The minimum atomic E-state index is -0.394. The van der Waals surface area contributed by atoms with E-state index in [0.717, 1.165) is 0 Å². The van der Waals surface area contributed by atoms with E-state index in [1.54, 1.807) is 55.5 Å². The van der Waals surface area contributed by atoms with Crippen molar-refractivity contribution in [2.24, 2.45) is 5.10 Å². The van der Waals surface area contributed by atoms with E-state index in [2.05, 4.69) is 31.3 Å². The first-order chi connectivity index (χ1) is 14.9. The Labute approximate surface area is 182 Å². The topological polar surface area (TPSA) is 129 Å². The van der Waals surface area contributed by atoms with Gasteiger partial charge in [0.1, 0.15) is 11.5 Å². The third-order valence-corrected chi connectivity index (χ3v) is 5.05. The normalized spacial score (nSPS) is 11.4. The van der Waals surface area contributed by atoms with Gasteiger partial charge in [-0.1, -0.05) is 29.5 Å². The van der Waals surface area contributed by atoms with Crippen LogP contribution in [-0.2, 0) is 4.79 Å². The fourth-order valence-corrected chi connectivity index (χ4v) is 3.36. The summed E-state index contributed by atoms with van der Waals surface area (Å²) in [6.07, 6.45) is 6.40. The Kier molecular flexibility index (Phi) is 7.07. The summed E-state index contributed by atoms with van der Waals surface area (Å²) in [5.74, 6) is -0.532. The van der Waals surface area contributed by atoms with Crippen LogP contribution >= 0.6 is 11.3 Å². The largest absolute Gasteiger partial charge is 0.507 e. The van der Waals surface area contributed by atoms with Crippen molar-refractivity contribution in [2.75, 3.05) is 5.43 Å². The molecule has 0 aliphatic heterocycles. The van der Waals surface area contributed by atoms with Crippen molar-refractivity contribution >= 4 is 40.1 Å². The zero-order chi connectivity index (χ0) is 22.2. The van der Waals surface area contributed by atoms with Gasteiger partial charge in [-0.15, -0.1) is 0 Å². The van der Waals surface area contributed by atoms with Crippen molar-refractivity contribution in [3.05, 3.63) is 76.6 Å². The highest BCUT2D eigenvalue weighted by Crippen LogP contribution is 2.24. The second kappa shape index (κ2) is 10.1. The number of benzene rings is 1. The molecule has 0 radical (unpaired) electrons. The van der Waals surface area contributed by atoms with Crippen LogP contribution in [0.5, 0.6) is 5.75 Å². The Bertz CT molecular complexity index is 1140. The van der Waals surface area contributed by atoms with Crippen LogP contribution in [0.15, 0.2) is 60.0 Å². The van der Waals surface area contributed by atoms with E-state index >= 15 is 0 Å². The smallest absolute Gasteiger partial charge is 0.271 e. The molecular formula is C21H20N6O3S. The molecule has 0 spiro atoms. The predicted octanol–water partition coefficient (Wildman–Crippen LogP) is 2.86. The molecule has 2 amide bonds. The van der Waals surface area contributed by atoms with Gasteiger partial charge in [-0.25, -0.2) is 10.4 Å². The molecule has 2 aromatic heterocycles. The minimum Gasteiger partial charge on any atom is -0.507 e. The summed E-state index contributed by atoms with van der Waals surface area (Å²) in [7, 11) is 0. The number of pyridine rings is 1. The number of phenols is 1. The Morgan fingerprint density at radius 2 is 1.90 bits per heavy atom. The summed E-state index contributed by atoms with van der Waals surface area (Å²) >= 11 is 1.25. The van der Waals surface area contributed by atoms with Crippen LogP contribution in [0.1, 0.15) is 33.4 Å². The van der Waals surface area contributed by atoms with Gasteiger partial charge in [0.25, 0.3) is 5.91 Å². The molecule has 0 aliphatic carbocycles. The highest BCUT2D eigenvalue weighted by atomic mass is 32.1. The van der Waals surface area contributed by atoms with Crippen LogP contribution in [-0.4, -0.2) is 32.6 Å². The van der Waals surface area contributed by atoms with Gasteiger partial charge < -0.3 is 5.11 Å². The number of para-hydroxylation sites is 1. The van der Waals surface area contributed by atoms with E-state index in [9.17, 15) is 14.7 Å². The van der Waals surface area contributed by atoms with E-state index in [4.69, 9.17) is 0 Å². The van der Waals surface area contributed by atoms with Gasteiger partial charge in [0.2, 0.25) is 11.0 Å². The van der Waals surface area contributed by atoms with Crippen LogP contribution in [0.3, 0.4) is 0 Å². The fourth-order valence-electron chi connectivity index (χ4n) is 2.47. The third kappa shape index (κ3) is 5.97. The number of carbonyl (C=O) groups is 2. The number of rotatable bonds is 7. The summed E-state index contributed by atoms with van der Waals surface area (Å²) in [4.78, 5) is 32.5. The van der Waals surface area contributed by atoms with Crippen molar-refractivity contribution in [3.8, 4) is 5.75 Å². The van der Waals surface area contributed by atoms with Crippen LogP contribution in [0.2, 0.25) is 0 Å². The quantitative estimate of drug-likeness (QED) is 0.333. The summed E-state index contributed by atoms with van der Waals surface area (Å²) in [6, 6.07) is 10.0. The van der Waals surface area contributed by atoms with E-state index in [1.165, 1.54) is 30.7 Å². The van der Waals surface area contributed by atoms with Gasteiger partial charge in [-0.3, -0.25) is 25.4 Å². The fraction of sp³-hybridized carbons (Fsp3) is 0.0952. The summed E-state index contributed by atoms with van der Waals surface area (Å²) < 4.78 is 0. The molecule has 0 fully saturated rings. The zero-order valence-electron chi connectivity index (χ0n) is 16.8. The first-order valence-corrected chi connectivity index (χ1v) is 10.00. The van der Waals surface area contributed by atoms with E-state index in [-0.39, 0.29) is 11.7 Å². The zero-order valence-corrected chi connectivity index (χ0v) is 17.6. The number of aryl methyl sites for hydroxylation is 1. The predicted molar refractivity (Wildman–Crippen MR) is 120 cm³/mol. The lowest BCUT2D eigenvalue weighted by atomic mass is 10.1. The maximum Gasteiger partial charge on any atom is 0.271 e. The first kappa shape index (κ1) is 21.7. The van der Waals surface area contributed by atoms with Gasteiger partial charge in [0.05, 0.1) is 10.6 Å². The molecule has 9 nitrogen and oxygen atoms in total. The number of anilines is 1. The molecule has 2 heterocycles. The molecule has 0 unspecified atom stereocenters. The van der Waals surface area contributed by atoms with Crippen molar-refractivity contribution in [1.29, 1.82) is 0 Å². The molecule has 31 heavy (non-hydrogen) atoms. The van der Waals surface area contributed by atoms with E-state index in [0.29, 0.717) is 32.5 Å². The molecule has 0 saturated heterocycles. The molecule has 3 rings (SSSR count). The van der Waals surface area contributed by atoms with Crippen molar-refractivity contribution in [3.63, 3.8) is 0 Å². The van der Waals surface area contributed by atoms with Crippen molar-refractivity contribution in [2.45, 2.75) is 13.8 Å². The number of hydrogen-bond donors (Lipinski definition) is 4. The number of aromatic hydroxyl groups is 1. The highest BCUT2D eigenvalue weighted by molar-refractivity contribution is 7.17. The number of thiazole rings is 1. The van der Waals surface area contributed by atoms with Crippen LogP contribution in [0.4, 0.5) is 5.13 Å². The minimum absolute atomic E-state index is 0.118. The second-order valence-electron chi connectivity index (χ2n) is 6.31. The van der Waals surface area contributed by atoms with Crippen LogP contribution in [0.25, 0.3) is 6.08 Å². The van der Waals surface area contributed by atoms with Crippen LogP contribution < -0.4 is 16.3 Å². The number of hydrazone groups is 1. The summed E-state index contributed by atoms with van der Waals surface area (Å²) in [6.45, 7) is 3.17. The SMILES string of the molecule is CC(=O)NNc1nc(C)c(C(/C=C\c2ccccc2O)=N/NC(=O)c2ccncc2)s1. The Hall–Kier alpha value is -4.05. The molecule has 0 aliphatic rings. The number of carbonyl (C=O) groups excluding carboxylic acids is 2. The standard InChI is InChI=1S/C21H20N6O3S/c1-13-19(31-21(23-13)27-24-14(2)28)17(8-7-15-5-3-4-6-18(15)29)25-26-20(30)16-9-11-22-12-10-16/h3-12,29H,1-2H3,(H,23,27)(H,24,28)(H,26,30)/b8-7-,25-17+. The lowest BCUT2D eigenvalue weighted by molar-refractivity contribution is -0.118. The first-order valence-electron chi connectivity index (χ1n) is 9.18. The maximum atomic E-state index is 12.4. The van der Waals surface area contributed by atoms with Gasteiger partial charge >= 0.3 is 0 Å². The summed E-state index contributed by atoms with van der Waals surface area (Å²) in [5.41, 5.74) is 9.81. The number of nitrogens with zero attached hydrogens (tertiary/aromatic N) is 3. The summed E-state index contributed by atoms with van der Waals surface area (Å²) in [5, 5.41) is 14.7. The third-order valence-electron chi connectivity index (χ3n) is 3.95. The van der Waals surface area contributed by atoms with E-state index < -0.39 is 5.91 Å². The van der Waals surface area contributed by atoms with Gasteiger partial charge in [-0.2, -0.15) is 5.10 Å². The average Bonchev–Trinajstić information content (AvgIpc) is 3.14. The number of nitrogens with one attached hydrogen (secondary N) is 3. The number of phenolic OH excluding ortho intramolecular Hbond substituents is 1. The number of allylic oxidation sites excluding steroid dienone is 1. The molecule has 158 valence electrons. The lowest BCUT2D eigenvalue weighted by Gasteiger charge is -2.03. The monoisotopic (exact) mass is 436 g/mol.